The second kappa shape index (κ2) is 7.98. The Morgan fingerprint density at radius 3 is 2.52 bits per heavy atom. The molecule has 1 amide bonds. The van der Waals surface area contributed by atoms with Gasteiger partial charge >= 0.3 is 0 Å². The van der Waals surface area contributed by atoms with Crippen LogP contribution in [0.4, 0.5) is 15.8 Å². The minimum absolute atomic E-state index is 0.0383. The summed E-state index contributed by atoms with van der Waals surface area (Å²) >= 11 is 0. The van der Waals surface area contributed by atoms with Crippen molar-refractivity contribution < 1.29 is 9.18 Å². The van der Waals surface area contributed by atoms with E-state index in [0.717, 1.165) is 6.54 Å². The number of halogens is 1. The number of carbonyl (C=O) groups is 1. The molecule has 0 heterocycles. The van der Waals surface area contributed by atoms with E-state index in [1.165, 1.54) is 18.2 Å². The van der Waals surface area contributed by atoms with E-state index in [1.54, 1.807) is 0 Å². The van der Waals surface area contributed by atoms with Gasteiger partial charge in [0.15, 0.2) is 0 Å². The predicted octanol–water partition coefficient (Wildman–Crippen LogP) is 3.10. The van der Waals surface area contributed by atoms with Crippen molar-refractivity contribution >= 4 is 17.3 Å². The highest BCUT2D eigenvalue weighted by atomic mass is 19.1. The third-order valence-corrected chi connectivity index (χ3v) is 3.24. The minimum Gasteiger partial charge on any atom is -0.396 e. The monoisotopic (exact) mass is 295 g/mol. The first-order valence-corrected chi connectivity index (χ1v) is 7.38. The van der Waals surface area contributed by atoms with Gasteiger partial charge in [-0.25, -0.2) is 4.39 Å². The Bertz CT molecular complexity index is 475. The maximum absolute atomic E-state index is 13.1. The van der Waals surface area contributed by atoms with Crippen LogP contribution in [0.3, 0.4) is 0 Å². The normalized spacial score (nSPS) is 11.4. The van der Waals surface area contributed by atoms with Gasteiger partial charge in [-0.3, -0.25) is 4.79 Å². The van der Waals surface area contributed by atoms with Gasteiger partial charge in [-0.1, -0.05) is 13.8 Å². The lowest BCUT2D eigenvalue weighted by Gasteiger charge is -2.27. The lowest BCUT2D eigenvalue weighted by Crippen LogP contribution is -2.36. The first-order chi connectivity index (χ1) is 9.79. The van der Waals surface area contributed by atoms with E-state index in [1.807, 2.05) is 0 Å². The summed E-state index contributed by atoms with van der Waals surface area (Å²) in [6, 6.07) is 4.60. The van der Waals surface area contributed by atoms with Crippen LogP contribution in [-0.4, -0.2) is 29.9 Å². The summed E-state index contributed by atoms with van der Waals surface area (Å²) in [5, 5.41) is 2.75. The number of hydrogen-bond donors (Lipinski definition) is 2. The van der Waals surface area contributed by atoms with Gasteiger partial charge in [0.1, 0.15) is 5.82 Å². The number of benzene rings is 1. The summed E-state index contributed by atoms with van der Waals surface area (Å²) in [5.74, 6) is -0.00122. The van der Waals surface area contributed by atoms with Crippen molar-refractivity contribution in [3.05, 3.63) is 24.0 Å². The number of carbonyl (C=O) groups excluding carboxylic acids is 1. The maximum atomic E-state index is 13.1. The Morgan fingerprint density at radius 2 is 2.00 bits per heavy atom. The molecule has 0 saturated heterocycles. The second-order valence-corrected chi connectivity index (χ2v) is 6.02. The van der Waals surface area contributed by atoms with Crippen molar-refractivity contribution in [1.29, 1.82) is 0 Å². The molecule has 4 nitrogen and oxygen atoms in total. The number of nitrogen functional groups attached to an aromatic ring is 1. The van der Waals surface area contributed by atoms with E-state index in [0.29, 0.717) is 30.6 Å². The number of anilines is 2. The maximum Gasteiger partial charge on any atom is 0.225 e. The van der Waals surface area contributed by atoms with Crippen molar-refractivity contribution in [2.24, 2.45) is 5.92 Å². The van der Waals surface area contributed by atoms with Gasteiger partial charge in [0, 0.05) is 31.2 Å². The molecule has 1 aromatic rings. The van der Waals surface area contributed by atoms with Gasteiger partial charge in [0.2, 0.25) is 5.91 Å². The van der Waals surface area contributed by atoms with E-state index in [2.05, 4.69) is 37.9 Å². The fourth-order valence-corrected chi connectivity index (χ4v) is 2.12. The van der Waals surface area contributed by atoms with Crippen molar-refractivity contribution in [2.75, 3.05) is 24.1 Å². The number of amides is 1. The molecule has 0 aliphatic heterocycles. The van der Waals surface area contributed by atoms with E-state index in [-0.39, 0.29) is 11.6 Å². The zero-order chi connectivity index (χ0) is 16.0. The fourth-order valence-electron chi connectivity index (χ4n) is 2.12. The van der Waals surface area contributed by atoms with Crippen molar-refractivity contribution in [3.63, 3.8) is 0 Å². The topological polar surface area (TPSA) is 58.4 Å². The summed E-state index contributed by atoms with van der Waals surface area (Å²) in [6.45, 7) is 10.3. The highest BCUT2D eigenvalue weighted by Gasteiger charge is 2.13. The van der Waals surface area contributed by atoms with E-state index in [4.69, 9.17) is 5.73 Å². The van der Waals surface area contributed by atoms with Gasteiger partial charge in [-0.05, 0) is 38.0 Å². The van der Waals surface area contributed by atoms with Crippen LogP contribution in [0.2, 0.25) is 0 Å². The molecule has 5 heteroatoms. The van der Waals surface area contributed by atoms with Crippen LogP contribution < -0.4 is 11.1 Å². The molecular weight excluding hydrogens is 269 g/mol. The van der Waals surface area contributed by atoms with Crippen molar-refractivity contribution in [1.82, 2.24) is 4.90 Å². The number of hydrogen-bond acceptors (Lipinski definition) is 3. The molecule has 1 aromatic carbocycles. The van der Waals surface area contributed by atoms with Gasteiger partial charge < -0.3 is 16.0 Å². The predicted molar refractivity (Wildman–Crippen MR) is 85.6 cm³/mol. The van der Waals surface area contributed by atoms with Crippen LogP contribution in [0.25, 0.3) is 0 Å². The molecule has 0 unspecified atom stereocenters. The van der Waals surface area contributed by atoms with E-state index < -0.39 is 5.82 Å². The van der Waals surface area contributed by atoms with Crippen LogP contribution in [-0.2, 0) is 4.79 Å². The smallest absolute Gasteiger partial charge is 0.225 e. The summed E-state index contributed by atoms with van der Waals surface area (Å²) in [5.41, 5.74) is 6.04. The fraction of sp³-hybridized carbons (Fsp3) is 0.562. The molecular formula is C16H26FN3O. The van der Waals surface area contributed by atoms with Crippen molar-refractivity contribution in [3.8, 4) is 0 Å². The number of nitrogens with zero attached hydrogens (tertiary/aromatic N) is 1. The summed E-state index contributed by atoms with van der Waals surface area (Å²) in [7, 11) is 0. The molecule has 0 saturated carbocycles. The molecule has 3 N–H and O–H groups in total. The summed E-state index contributed by atoms with van der Waals surface area (Å²) in [4.78, 5) is 14.2. The SMILES string of the molecule is CC(C)CN(CCC(=O)Nc1ccc(F)c(N)c1)C(C)C. The molecule has 0 aliphatic carbocycles. The second-order valence-electron chi connectivity index (χ2n) is 6.02. The molecule has 21 heavy (non-hydrogen) atoms. The Morgan fingerprint density at radius 1 is 1.33 bits per heavy atom. The average Bonchev–Trinajstić information content (AvgIpc) is 2.38. The highest BCUT2D eigenvalue weighted by molar-refractivity contribution is 5.91. The Hall–Kier alpha value is -1.62. The molecule has 0 bridgehead atoms. The van der Waals surface area contributed by atoms with Crippen molar-refractivity contribution in [2.45, 2.75) is 40.2 Å². The number of nitrogens with two attached hydrogens (primary N) is 1. The Labute approximate surface area is 126 Å². The highest BCUT2D eigenvalue weighted by Crippen LogP contribution is 2.16. The third kappa shape index (κ3) is 6.12. The standard InChI is InChI=1S/C16H26FN3O/c1-11(2)10-20(12(3)4)8-7-16(21)19-13-5-6-14(17)15(18)9-13/h5-6,9,11-12H,7-8,10,18H2,1-4H3,(H,19,21). The average molecular weight is 295 g/mol. The molecule has 118 valence electrons. The largest absolute Gasteiger partial charge is 0.396 e. The minimum atomic E-state index is -0.476. The van der Waals surface area contributed by atoms with E-state index >= 15 is 0 Å². The van der Waals surface area contributed by atoms with Gasteiger partial charge in [0.25, 0.3) is 0 Å². The van der Waals surface area contributed by atoms with Crippen LogP contribution >= 0.6 is 0 Å². The molecule has 1 rings (SSSR count). The van der Waals surface area contributed by atoms with Crippen LogP contribution in [0.1, 0.15) is 34.1 Å². The zero-order valence-corrected chi connectivity index (χ0v) is 13.3. The Kier molecular flexibility index (Phi) is 6.62. The molecule has 0 fully saturated rings. The zero-order valence-electron chi connectivity index (χ0n) is 13.3. The molecule has 0 radical (unpaired) electrons. The van der Waals surface area contributed by atoms with Crippen LogP contribution in [0.5, 0.6) is 0 Å². The number of nitrogens with one attached hydrogen (secondary N) is 1. The van der Waals surface area contributed by atoms with Gasteiger partial charge in [-0.15, -0.1) is 0 Å². The Balaban J connectivity index is 2.50. The molecule has 0 aliphatic rings. The molecule has 0 atom stereocenters. The third-order valence-electron chi connectivity index (χ3n) is 3.24. The molecule has 0 spiro atoms. The van der Waals surface area contributed by atoms with Gasteiger partial charge in [-0.2, -0.15) is 0 Å². The number of rotatable bonds is 7. The van der Waals surface area contributed by atoms with Crippen LogP contribution in [0, 0.1) is 11.7 Å². The summed E-state index contributed by atoms with van der Waals surface area (Å²) in [6.07, 6.45) is 0.405. The first kappa shape index (κ1) is 17.4. The van der Waals surface area contributed by atoms with Gasteiger partial charge in [0.05, 0.1) is 5.69 Å². The quantitative estimate of drug-likeness (QED) is 0.760. The van der Waals surface area contributed by atoms with E-state index in [9.17, 15) is 9.18 Å². The summed E-state index contributed by atoms with van der Waals surface area (Å²) < 4.78 is 13.1. The first-order valence-electron chi connectivity index (χ1n) is 7.38. The lowest BCUT2D eigenvalue weighted by atomic mass is 10.1. The molecule has 0 aromatic heterocycles. The van der Waals surface area contributed by atoms with Crippen LogP contribution in [0.15, 0.2) is 18.2 Å². The lowest BCUT2D eigenvalue weighted by molar-refractivity contribution is -0.116.